The van der Waals surface area contributed by atoms with E-state index in [1.54, 1.807) is 24.3 Å². The molecule has 1 aliphatic carbocycles. The first-order chi connectivity index (χ1) is 15.0. The summed E-state index contributed by atoms with van der Waals surface area (Å²) in [6, 6.07) is 11.3. The summed E-state index contributed by atoms with van der Waals surface area (Å²) in [6.07, 6.45) is -7.46. The average Bonchev–Trinajstić information content (AvgIpc) is 3.04. The van der Waals surface area contributed by atoms with Crippen LogP contribution in [-0.4, -0.2) is 27.3 Å². The van der Waals surface area contributed by atoms with Crippen molar-refractivity contribution in [2.24, 2.45) is 0 Å². The van der Waals surface area contributed by atoms with Gasteiger partial charge < -0.3 is 9.30 Å². The van der Waals surface area contributed by atoms with Crippen LogP contribution in [0, 0.1) is 0 Å². The van der Waals surface area contributed by atoms with Crippen LogP contribution < -0.4 is 4.74 Å². The molecule has 32 heavy (non-hydrogen) atoms. The Morgan fingerprint density at radius 1 is 0.906 bits per heavy atom. The molecular weight excluding hydrogens is 460 g/mol. The number of aromatic nitrogens is 3. The second kappa shape index (κ2) is 7.99. The third-order valence-corrected chi connectivity index (χ3v) is 5.72. The molecule has 0 N–H and O–H groups in total. The summed E-state index contributed by atoms with van der Waals surface area (Å²) in [4.78, 5) is 0. The number of alkyl halides is 6. The summed E-state index contributed by atoms with van der Waals surface area (Å²) < 4.78 is 82.4. The van der Waals surface area contributed by atoms with Crippen molar-refractivity contribution in [1.82, 2.24) is 14.8 Å². The Morgan fingerprint density at radius 2 is 1.53 bits per heavy atom. The molecule has 0 saturated heterocycles. The summed E-state index contributed by atoms with van der Waals surface area (Å²) >= 11 is 5.96. The van der Waals surface area contributed by atoms with Gasteiger partial charge in [-0.3, -0.25) is 0 Å². The average molecular weight is 476 g/mol. The van der Waals surface area contributed by atoms with Crippen molar-refractivity contribution in [2.45, 2.75) is 43.8 Å². The van der Waals surface area contributed by atoms with Gasteiger partial charge in [-0.15, -0.1) is 23.4 Å². The molecule has 3 aromatic rings. The second-order valence-electron chi connectivity index (χ2n) is 7.56. The summed E-state index contributed by atoms with van der Waals surface area (Å²) in [6.45, 7) is -1.33. The first kappa shape index (κ1) is 22.4. The van der Waals surface area contributed by atoms with Crippen LogP contribution in [0.5, 0.6) is 5.75 Å². The standard InChI is InChI=1S/C21H16ClF6N3O/c22-15-6-4-14(5-7-15)19(10-1-11-19)18-30-29-17(31(18)12-20(23,24)25)13-2-8-16(9-3-13)32-21(26,27)28/h2-9H,1,10-12H2. The third-order valence-electron chi connectivity index (χ3n) is 5.47. The molecule has 0 atom stereocenters. The Kier molecular flexibility index (Phi) is 5.60. The minimum Gasteiger partial charge on any atom is -0.406 e. The van der Waals surface area contributed by atoms with Gasteiger partial charge in [0.2, 0.25) is 0 Å². The van der Waals surface area contributed by atoms with Crippen LogP contribution >= 0.6 is 11.6 Å². The minimum atomic E-state index is -4.87. The first-order valence-corrected chi connectivity index (χ1v) is 9.97. The molecular formula is C21H16ClF6N3O. The zero-order valence-electron chi connectivity index (χ0n) is 16.3. The molecule has 4 nitrogen and oxygen atoms in total. The zero-order valence-corrected chi connectivity index (χ0v) is 17.1. The highest BCUT2D eigenvalue weighted by molar-refractivity contribution is 6.30. The fourth-order valence-corrected chi connectivity index (χ4v) is 4.07. The lowest BCUT2D eigenvalue weighted by atomic mass is 9.63. The van der Waals surface area contributed by atoms with Crippen molar-refractivity contribution in [2.75, 3.05) is 0 Å². The van der Waals surface area contributed by atoms with E-state index in [0.29, 0.717) is 17.9 Å². The molecule has 4 rings (SSSR count). The van der Waals surface area contributed by atoms with Crippen molar-refractivity contribution >= 4 is 11.6 Å². The Bertz CT molecular complexity index is 1090. The molecule has 0 amide bonds. The molecule has 170 valence electrons. The Morgan fingerprint density at radius 3 is 2.03 bits per heavy atom. The van der Waals surface area contributed by atoms with E-state index in [1.807, 2.05) is 0 Å². The molecule has 1 heterocycles. The van der Waals surface area contributed by atoms with Gasteiger partial charge >= 0.3 is 12.5 Å². The number of benzene rings is 2. The van der Waals surface area contributed by atoms with Crippen LogP contribution in [0.25, 0.3) is 11.4 Å². The van der Waals surface area contributed by atoms with Crippen LogP contribution in [0.2, 0.25) is 5.02 Å². The summed E-state index contributed by atoms with van der Waals surface area (Å²) in [5.74, 6) is -0.412. The van der Waals surface area contributed by atoms with Gasteiger partial charge in [-0.25, -0.2) is 0 Å². The molecule has 0 aliphatic heterocycles. The molecule has 0 bridgehead atoms. The number of nitrogens with zero attached hydrogens (tertiary/aromatic N) is 3. The maximum atomic E-state index is 13.5. The van der Waals surface area contributed by atoms with Gasteiger partial charge in [-0.2, -0.15) is 13.2 Å². The van der Waals surface area contributed by atoms with Crippen LogP contribution in [0.1, 0.15) is 30.7 Å². The summed E-state index contributed by atoms with van der Waals surface area (Å²) in [7, 11) is 0. The van der Waals surface area contributed by atoms with Crippen molar-refractivity contribution < 1.29 is 31.1 Å². The van der Waals surface area contributed by atoms with Gasteiger partial charge in [-0.1, -0.05) is 30.2 Å². The van der Waals surface area contributed by atoms with E-state index in [4.69, 9.17) is 11.6 Å². The SMILES string of the molecule is FC(F)(F)Cn1c(-c2ccc(OC(F)(F)F)cc2)nnc1C1(c2ccc(Cl)cc2)CCC1. The number of hydrogen-bond acceptors (Lipinski definition) is 3. The zero-order chi connectivity index (χ0) is 23.1. The Hall–Kier alpha value is -2.75. The predicted molar refractivity (Wildman–Crippen MR) is 104 cm³/mol. The highest BCUT2D eigenvalue weighted by Gasteiger charge is 2.46. The van der Waals surface area contributed by atoms with Crippen LogP contribution in [0.15, 0.2) is 48.5 Å². The van der Waals surface area contributed by atoms with Gasteiger partial charge in [0.1, 0.15) is 18.1 Å². The number of rotatable bonds is 5. The molecule has 1 aliphatic rings. The summed E-state index contributed by atoms with van der Waals surface area (Å²) in [5, 5.41) is 8.61. The fraction of sp³-hybridized carbons (Fsp3) is 0.333. The largest absolute Gasteiger partial charge is 0.573 e. The van der Waals surface area contributed by atoms with E-state index in [9.17, 15) is 26.3 Å². The van der Waals surface area contributed by atoms with Crippen molar-refractivity contribution in [3.63, 3.8) is 0 Å². The van der Waals surface area contributed by atoms with E-state index >= 15 is 0 Å². The summed E-state index contributed by atoms with van der Waals surface area (Å²) in [5.41, 5.74) is 0.220. The van der Waals surface area contributed by atoms with Crippen molar-refractivity contribution in [3.8, 4) is 17.1 Å². The molecule has 0 unspecified atom stereocenters. The smallest absolute Gasteiger partial charge is 0.406 e. The highest BCUT2D eigenvalue weighted by atomic mass is 35.5. The van der Waals surface area contributed by atoms with E-state index in [1.165, 1.54) is 12.1 Å². The lowest BCUT2D eigenvalue weighted by Crippen LogP contribution is -2.39. The number of hydrogen-bond donors (Lipinski definition) is 0. The quantitative estimate of drug-likeness (QED) is 0.394. The topological polar surface area (TPSA) is 39.9 Å². The molecule has 0 radical (unpaired) electrons. The highest BCUT2D eigenvalue weighted by Crippen LogP contribution is 2.49. The molecule has 0 spiro atoms. The maximum absolute atomic E-state index is 13.5. The van der Waals surface area contributed by atoms with Crippen LogP contribution in [0.4, 0.5) is 26.3 Å². The second-order valence-corrected chi connectivity index (χ2v) is 8.00. The lowest BCUT2D eigenvalue weighted by Gasteiger charge is -2.41. The van der Waals surface area contributed by atoms with Crippen molar-refractivity contribution in [1.29, 1.82) is 0 Å². The van der Waals surface area contributed by atoms with Crippen LogP contribution in [0.3, 0.4) is 0 Å². The number of halogens is 7. The molecule has 11 heteroatoms. The molecule has 1 aromatic heterocycles. The van der Waals surface area contributed by atoms with Gasteiger partial charge in [0.05, 0.1) is 5.41 Å². The van der Waals surface area contributed by atoms with E-state index in [2.05, 4.69) is 14.9 Å². The predicted octanol–water partition coefficient (Wildman–Crippen LogP) is 6.53. The number of ether oxygens (including phenoxy) is 1. The van der Waals surface area contributed by atoms with Gasteiger partial charge in [0.15, 0.2) is 5.82 Å². The fourth-order valence-electron chi connectivity index (χ4n) is 3.95. The Balaban J connectivity index is 1.78. The first-order valence-electron chi connectivity index (χ1n) is 9.60. The minimum absolute atomic E-state index is 0.0869. The van der Waals surface area contributed by atoms with E-state index < -0.39 is 30.2 Å². The molecule has 1 fully saturated rings. The van der Waals surface area contributed by atoms with E-state index in [-0.39, 0.29) is 17.2 Å². The normalized spacial score (nSPS) is 16.0. The third kappa shape index (κ3) is 4.55. The van der Waals surface area contributed by atoms with Crippen LogP contribution in [-0.2, 0) is 12.0 Å². The Labute approximate surface area is 183 Å². The molecule has 1 saturated carbocycles. The van der Waals surface area contributed by atoms with Gasteiger partial charge in [0, 0.05) is 10.6 Å². The van der Waals surface area contributed by atoms with Crippen molar-refractivity contribution in [3.05, 3.63) is 64.9 Å². The lowest BCUT2D eigenvalue weighted by molar-refractivity contribution is -0.274. The molecule has 2 aromatic carbocycles. The maximum Gasteiger partial charge on any atom is 0.573 e. The van der Waals surface area contributed by atoms with E-state index in [0.717, 1.165) is 28.7 Å². The van der Waals surface area contributed by atoms with Gasteiger partial charge in [-0.05, 0) is 54.8 Å². The monoisotopic (exact) mass is 475 g/mol. The van der Waals surface area contributed by atoms with Gasteiger partial charge in [0.25, 0.3) is 0 Å².